The molecule has 0 amide bonds. The first kappa shape index (κ1) is 28.8. The van der Waals surface area contributed by atoms with Crippen molar-refractivity contribution in [1.82, 2.24) is 0 Å². The highest BCUT2D eigenvalue weighted by Gasteiger charge is 2.38. The topological polar surface area (TPSA) is 36.9 Å². The minimum atomic E-state index is -0.338. The third-order valence-corrected chi connectivity index (χ3v) is 9.42. The molecule has 46 heavy (non-hydrogen) atoms. The standard InChI is InChI=1S/C42H38O4/c1-27-14-19-31(20-15-27)44-26-39-38(45-32-21-16-28(2)17-22-32)25-40(46-39)43-24-6-9-29-18-23-37-35-12-4-8-30-7-3-11-34(41(30)35)36-13-5-10-33(29)42(36)37/h3-5,7-8,10-23,38-40H,6,9,24-26H2,1-2H3/t38-,39+,40-/m0/s1. The predicted molar refractivity (Wildman–Crippen MR) is 187 cm³/mol. The normalized spacial score (nSPS) is 18.3. The molecule has 230 valence electrons. The number of hydrogen-bond donors (Lipinski definition) is 0. The average molecular weight is 607 g/mol. The highest BCUT2D eigenvalue weighted by Crippen LogP contribution is 2.41. The summed E-state index contributed by atoms with van der Waals surface area (Å²) in [4.78, 5) is 0. The first-order chi connectivity index (χ1) is 22.6. The Morgan fingerprint density at radius 2 is 1.24 bits per heavy atom. The van der Waals surface area contributed by atoms with Crippen LogP contribution in [0.15, 0.2) is 115 Å². The van der Waals surface area contributed by atoms with Gasteiger partial charge in [-0.2, -0.15) is 0 Å². The van der Waals surface area contributed by atoms with Crippen LogP contribution in [0.25, 0.3) is 43.1 Å². The lowest BCUT2D eigenvalue weighted by atomic mass is 9.88. The average Bonchev–Trinajstić information content (AvgIpc) is 3.47. The highest BCUT2D eigenvalue weighted by molar-refractivity contribution is 6.33. The van der Waals surface area contributed by atoms with Gasteiger partial charge in [-0.15, -0.1) is 0 Å². The second-order valence-electron chi connectivity index (χ2n) is 12.6. The fraction of sp³-hybridized carbons (Fsp3) is 0.238. The summed E-state index contributed by atoms with van der Waals surface area (Å²) in [7, 11) is 0. The van der Waals surface area contributed by atoms with Gasteiger partial charge in [-0.3, -0.25) is 0 Å². The summed E-state index contributed by atoms with van der Waals surface area (Å²) in [6.07, 6.45) is 1.75. The quantitative estimate of drug-likeness (QED) is 0.0882. The van der Waals surface area contributed by atoms with Crippen molar-refractivity contribution in [3.63, 3.8) is 0 Å². The molecule has 1 fully saturated rings. The Kier molecular flexibility index (Phi) is 7.69. The number of fused-ring (bicyclic) bond motifs is 2. The molecule has 4 heteroatoms. The Labute approximate surface area is 269 Å². The smallest absolute Gasteiger partial charge is 0.161 e. The van der Waals surface area contributed by atoms with Crippen molar-refractivity contribution in [3.8, 4) is 11.5 Å². The van der Waals surface area contributed by atoms with Crippen molar-refractivity contribution in [2.45, 2.75) is 51.6 Å². The van der Waals surface area contributed by atoms with Crippen molar-refractivity contribution >= 4 is 43.1 Å². The van der Waals surface area contributed by atoms with E-state index in [4.69, 9.17) is 18.9 Å². The SMILES string of the molecule is Cc1ccc(OC[C@H]2O[C@H](OCCCc3ccc4c5cccc6cccc(c7cccc3c74)c65)C[C@@H]2Oc2ccc(C)cc2)cc1. The molecular formula is C42H38O4. The fourth-order valence-corrected chi connectivity index (χ4v) is 7.06. The lowest BCUT2D eigenvalue weighted by molar-refractivity contribution is -0.141. The summed E-state index contributed by atoms with van der Waals surface area (Å²) in [6.45, 7) is 5.16. The Bertz CT molecular complexity index is 2070. The molecule has 0 radical (unpaired) electrons. The molecule has 7 aromatic rings. The van der Waals surface area contributed by atoms with Gasteiger partial charge in [0.15, 0.2) is 6.29 Å². The van der Waals surface area contributed by atoms with Crippen LogP contribution in [0.3, 0.4) is 0 Å². The second-order valence-corrected chi connectivity index (χ2v) is 12.6. The molecule has 0 unspecified atom stereocenters. The van der Waals surface area contributed by atoms with Gasteiger partial charge in [0, 0.05) is 6.42 Å². The minimum Gasteiger partial charge on any atom is -0.491 e. The lowest BCUT2D eigenvalue weighted by Gasteiger charge is -2.20. The Morgan fingerprint density at radius 3 is 1.96 bits per heavy atom. The van der Waals surface area contributed by atoms with Gasteiger partial charge in [0.2, 0.25) is 0 Å². The molecule has 0 spiro atoms. The number of ether oxygens (including phenoxy) is 4. The van der Waals surface area contributed by atoms with Crippen LogP contribution in [0.5, 0.6) is 11.5 Å². The molecule has 0 saturated carbocycles. The molecule has 7 aromatic carbocycles. The van der Waals surface area contributed by atoms with Crippen LogP contribution >= 0.6 is 0 Å². The molecule has 3 atom stereocenters. The number of benzene rings is 7. The van der Waals surface area contributed by atoms with E-state index in [9.17, 15) is 0 Å². The van der Waals surface area contributed by atoms with Gasteiger partial charge in [0.05, 0.1) is 6.61 Å². The van der Waals surface area contributed by atoms with Gasteiger partial charge in [0.1, 0.15) is 30.3 Å². The summed E-state index contributed by atoms with van der Waals surface area (Å²) in [5.74, 6) is 1.66. The van der Waals surface area contributed by atoms with E-state index in [1.807, 2.05) is 24.3 Å². The van der Waals surface area contributed by atoms with Crippen molar-refractivity contribution in [3.05, 3.63) is 132 Å². The van der Waals surface area contributed by atoms with Crippen LogP contribution in [0, 0.1) is 13.8 Å². The molecule has 0 bridgehead atoms. The summed E-state index contributed by atoms with van der Waals surface area (Å²) in [5, 5.41) is 10.7. The molecule has 8 rings (SSSR count). The van der Waals surface area contributed by atoms with Crippen LogP contribution in [-0.2, 0) is 15.9 Å². The van der Waals surface area contributed by atoms with Gasteiger partial charge in [-0.05, 0) is 99.6 Å². The Morgan fingerprint density at radius 1 is 0.630 bits per heavy atom. The van der Waals surface area contributed by atoms with E-state index >= 15 is 0 Å². The zero-order valence-electron chi connectivity index (χ0n) is 26.4. The molecule has 1 heterocycles. The van der Waals surface area contributed by atoms with Crippen molar-refractivity contribution in [2.24, 2.45) is 0 Å². The first-order valence-corrected chi connectivity index (χ1v) is 16.4. The molecule has 1 aliphatic heterocycles. The van der Waals surface area contributed by atoms with Crippen molar-refractivity contribution in [2.75, 3.05) is 13.2 Å². The van der Waals surface area contributed by atoms with Crippen LogP contribution < -0.4 is 9.47 Å². The summed E-state index contributed by atoms with van der Waals surface area (Å²) >= 11 is 0. The van der Waals surface area contributed by atoms with E-state index in [1.54, 1.807) is 0 Å². The minimum absolute atomic E-state index is 0.161. The van der Waals surface area contributed by atoms with Gasteiger partial charge in [-0.1, -0.05) is 102 Å². The molecule has 0 N–H and O–H groups in total. The fourth-order valence-electron chi connectivity index (χ4n) is 7.06. The number of hydrogen-bond acceptors (Lipinski definition) is 4. The number of rotatable bonds is 10. The first-order valence-electron chi connectivity index (χ1n) is 16.4. The summed E-state index contributed by atoms with van der Waals surface area (Å²) < 4.78 is 25.2. The molecule has 4 nitrogen and oxygen atoms in total. The third-order valence-electron chi connectivity index (χ3n) is 9.42. The Hall–Kier alpha value is -4.64. The van der Waals surface area contributed by atoms with Crippen molar-refractivity contribution < 1.29 is 18.9 Å². The van der Waals surface area contributed by atoms with Gasteiger partial charge < -0.3 is 18.9 Å². The van der Waals surface area contributed by atoms with E-state index in [1.165, 1.54) is 59.8 Å². The predicted octanol–water partition coefficient (Wildman–Crippen LogP) is 9.94. The highest BCUT2D eigenvalue weighted by atomic mass is 16.7. The van der Waals surface area contributed by atoms with Gasteiger partial charge >= 0.3 is 0 Å². The number of aryl methyl sites for hydroxylation is 3. The zero-order chi connectivity index (χ0) is 31.0. The molecular weight excluding hydrogens is 568 g/mol. The molecule has 0 aromatic heterocycles. The molecule has 1 aliphatic rings. The zero-order valence-corrected chi connectivity index (χ0v) is 26.4. The van der Waals surface area contributed by atoms with E-state index in [0.29, 0.717) is 19.6 Å². The Balaban J connectivity index is 0.961. The largest absolute Gasteiger partial charge is 0.491 e. The van der Waals surface area contributed by atoms with Crippen LogP contribution in [0.4, 0.5) is 0 Å². The van der Waals surface area contributed by atoms with Crippen molar-refractivity contribution in [1.29, 1.82) is 0 Å². The van der Waals surface area contributed by atoms with Crippen LogP contribution in [-0.4, -0.2) is 31.7 Å². The maximum absolute atomic E-state index is 6.40. The van der Waals surface area contributed by atoms with E-state index < -0.39 is 0 Å². The monoisotopic (exact) mass is 606 g/mol. The van der Waals surface area contributed by atoms with Crippen LogP contribution in [0.1, 0.15) is 29.5 Å². The van der Waals surface area contributed by atoms with Gasteiger partial charge in [0.25, 0.3) is 0 Å². The summed E-state index contributed by atoms with van der Waals surface area (Å²) in [6, 6.07) is 40.9. The third kappa shape index (κ3) is 5.53. The maximum Gasteiger partial charge on any atom is 0.161 e. The van der Waals surface area contributed by atoms with E-state index in [-0.39, 0.29) is 18.5 Å². The lowest BCUT2D eigenvalue weighted by Crippen LogP contribution is -2.32. The van der Waals surface area contributed by atoms with Gasteiger partial charge in [-0.25, -0.2) is 0 Å². The van der Waals surface area contributed by atoms with E-state index in [0.717, 1.165) is 24.3 Å². The molecule has 1 saturated heterocycles. The second kappa shape index (κ2) is 12.3. The summed E-state index contributed by atoms with van der Waals surface area (Å²) in [5.41, 5.74) is 3.76. The molecule has 0 aliphatic carbocycles. The van der Waals surface area contributed by atoms with E-state index in [2.05, 4.69) is 105 Å². The maximum atomic E-state index is 6.40. The van der Waals surface area contributed by atoms with Crippen LogP contribution in [0.2, 0.25) is 0 Å².